The standard InChI is InChI=1S/C14H19NO2S/c1-10-7-8-15(13(10)14(16)17)9-11-3-5-12(18-2)6-4-11/h3-6,10,13H,7-9H2,1-2H3,(H,16,17). The Morgan fingerprint density at radius 3 is 2.67 bits per heavy atom. The molecule has 1 aliphatic rings. The van der Waals surface area contributed by atoms with Gasteiger partial charge in [0.25, 0.3) is 0 Å². The van der Waals surface area contributed by atoms with Crippen LogP contribution in [-0.2, 0) is 11.3 Å². The largest absolute Gasteiger partial charge is 0.480 e. The van der Waals surface area contributed by atoms with Crippen LogP contribution in [0, 0.1) is 5.92 Å². The van der Waals surface area contributed by atoms with E-state index in [4.69, 9.17) is 0 Å². The van der Waals surface area contributed by atoms with Gasteiger partial charge >= 0.3 is 5.97 Å². The predicted molar refractivity (Wildman–Crippen MR) is 73.8 cm³/mol. The van der Waals surface area contributed by atoms with E-state index in [1.807, 2.05) is 6.92 Å². The maximum absolute atomic E-state index is 11.3. The summed E-state index contributed by atoms with van der Waals surface area (Å²) < 4.78 is 0. The molecule has 0 bridgehead atoms. The van der Waals surface area contributed by atoms with E-state index in [9.17, 15) is 9.90 Å². The highest BCUT2D eigenvalue weighted by molar-refractivity contribution is 7.98. The lowest BCUT2D eigenvalue weighted by atomic mass is 10.0. The lowest BCUT2D eigenvalue weighted by Gasteiger charge is -2.23. The molecule has 0 aliphatic carbocycles. The van der Waals surface area contributed by atoms with Gasteiger partial charge in [-0.15, -0.1) is 11.8 Å². The number of carboxylic acids is 1. The first kappa shape index (κ1) is 13.4. The second-order valence-corrected chi connectivity index (χ2v) is 5.75. The van der Waals surface area contributed by atoms with Crippen molar-refractivity contribution >= 4 is 17.7 Å². The fourth-order valence-corrected chi connectivity index (χ4v) is 2.98. The molecule has 2 rings (SSSR count). The summed E-state index contributed by atoms with van der Waals surface area (Å²) in [6.45, 7) is 3.63. The Labute approximate surface area is 112 Å². The molecule has 3 nitrogen and oxygen atoms in total. The summed E-state index contributed by atoms with van der Waals surface area (Å²) in [4.78, 5) is 14.6. The predicted octanol–water partition coefficient (Wildman–Crippen LogP) is 2.70. The maximum atomic E-state index is 11.3. The van der Waals surface area contributed by atoms with Crippen LogP contribution < -0.4 is 0 Å². The molecule has 98 valence electrons. The Balaban J connectivity index is 2.06. The van der Waals surface area contributed by atoms with E-state index in [2.05, 4.69) is 35.4 Å². The molecule has 2 atom stereocenters. The highest BCUT2D eigenvalue weighted by Gasteiger charge is 2.36. The van der Waals surface area contributed by atoms with E-state index >= 15 is 0 Å². The quantitative estimate of drug-likeness (QED) is 0.850. The number of thioether (sulfide) groups is 1. The van der Waals surface area contributed by atoms with Crippen molar-refractivity contribution < 1.29 is 9.90 Å². The summed E-state index contributed by atoms with van der Waals surface area (Å²) >= 11 is 1.72. The van der Waals surface area contributed by atoms with Crippen molar-refractivity contribution in [3.63, 3.8) is 0 Å². The Bertz CT molecular complexity index is 418. The third-order valence-electron chi connectivity index (χ3n) is 3.60. The van der Waals surface area contributed by atoms with Crippen LogP contribution in [0.2, 0.25) is 0 Å². The average molecular weight is 265 g/mol. The maximum Gasteiger partial charge on any atom is 0.321 e. The number of likely N-dealkylation sites (tertiary alicyclic amines) is 1. The molecule has 1 aliphatic heterocycles. The topological polar surface area (TPSA) is 40.5 Å². The summed E-state index contributed by atoms with van der Waals surface area (Å²) in [5.74, 6) is -0.450. The lowest BCUT2D eigenvalue weighted by molar-refractivity contribution is -0.143. The van der Waals surface area contributed by atoms with Crippen LogP contribution in [-0.4, -0.2) is 34.8 Å². The molecule has 1 fully saturated rings. The number of carboxylic acid groups (broad SMARTS) is 1. The third kappa shape index (κ3) is 2.87. The van der Waals surface area contributed by atoms with Gasteiger partial charge in [0.1, 0.15) is 6.04 Å². The highest BCUT2D eigenvalue weighted by atomic mass is 32.2. The van der Waals surface area contributed by atoms with Crippen LogP contribution >= 0.6 is 11.8 Å². The molecule has 1 saturated heterocycles. The minimum atomic E-state index is -0.694. The Morgan fingerprint density at radius 1 is 1.44 bits per heavy atom. The van der Waals surface area contributed by atoms with Gasteiger partial charge in [0.15, 0.2) is 0 Å². The van der Waals surface area contributed by atoms with E-state index in [0.717, 1.165) is 19.5 Å². The molecular weight excluding hydrogens is 246 g/mol. The van der Waals surface area contributed by atoms with Crippen LogP contribution in [0.4, 0.5) is 0 Å². The highest BCUT2D eigenvalue weighted by Crippen LogP contribution is 2.26. The van der Waals surface area contributed by atoms with Gasteiger partial charge in [0.2, 0.25) is 0 Å². The van der Waals surface area contributed by atoms with Crippen LogP contribution in [0.3, 0.4) is 0 Å². The lowest BCUT2D eigenvalue weighted by Crippen LogP contribution is -2.38. The molecule has 0 radical (unpaired) electrons. The summed E-state index contributed by atoms with van der Waals surface area (Å²) in [5, 5.41) is 9.27. The zero-order valence-electron chi connectivity index (χ0n) is 10.8. The van der Waals surface area contributed by atoms with E-state index in [0.29, 0.717) is 0 Å². The minimum Gasteiger partial charge on any atom is -0.480 e. The molecular formula is C14H19NO2S. The normalized spacial score (nSPS) is 24.3. The van der Waals surface area contributed by atoms with Crippen molar-refractivity contribution in [3.05, 3.63) is 29.8 Å². The van der Waals surface area contributed by atoms with Crippen LogP contribution in [0.5, 0.6) is 0 Å². The van der Waals surface area contributed by atoms with Crippen molar-refractivity contribution in [3.8, 4) is 0 Å². The zero-order valence-corrected chi connectivity index (χ0v) is 11.6. The van der Waals surface area contributed by atoms with Crippen molar-refractivity contribution in [1.82, 2.24) is 4.90 Å². The summed E-state index contributed by atoms with van der Waals surface area (Å²) in [6.07, 6.45) is 3.03. The SMILES string of the molecule is CSc1ccc(CN2CCC(C)C2C(=O)O)cc1. The number of benzene rings is 1. The molecule has 18 heavy (non-hydrogen) atoms. The molecule has 1 N–H and O–H groups in total. The molecule has 0 spiro atoms. The van der Waals surface area contributed by atoms with E-state index in [1.54, 1.807) is 11.8 Å². The number of carbonyl (C=O) groups is 1. The minimum absolute atomic E-state index is 0.243. The summed E-state index contributed by atoms with van der Waals surface area (Å²) in [7, 11) is 0. The number of nitrogens with zero attached hydrogens (tertiary/aromatic N) is 1. The molecule has 1 aromatic rings. The summed E-state index contributed by atoms with van der Waals surface area (Å²) in [6, 6.07) is 8.04. The Hall–Kier alpha value is -1.00. The second-order valence-electron chi connectivity index (χ2n) is 4.87. The average Bonchev–Trinajstić information content (AvgIpc) is 2.71. The van der Waals surface area contributed by atoms with Crippen molar-refractivity contribution in [2.24, 2.45) is 5.92 Å². The van der Waals surface area contributed by atoms with Gasteiger partial charge < -0.3 is 5.11 Å². The van der Waals surface area contributed by atoms with E-state index in [1.165, 1.54) is 10.5 Å². The van der Waals surface area contributed by atoms with Gasteiger partial charge in [-0.05, 0) is 42.8 Å². The van der Waals surface area contributed by atoms with Gasteiger partial charge in [-0.2, -0.15) is 0 Å². The molecule has 0 amide bonds. The van der Waals surface area contributed by atoms with Gasteiger partial charge in [-0.25, -0.2) is 0 Å². The first-order valence-corrected chi connectivity index (χ1v) is 7.44. The molecule has 4 heteroatoms. The first-order valence-electron chi connectivity index (χ1n) is 6.21. The van der Waals surface area contributed by atoms with E-state index < -0.39 is 5.97 Å². The third-order valence-corrected chi connectivity index (χ3v) is 4.35. The molecule has 0 saturated carbocycles. The van der Waals surface area contributed by atoms with Gasteiger partial charge in [-0.1, -0.05) is 19.1 Å². The van der Waals surface area contributed by atoms with Gasteiger partial charge in [-0.3, -0.25) is 9.69 Å². The summed E-state index contributed by atoms with van der Waals surface area (Å²) in [5.41, 5.74) is 1.19. The molecule has 0 aromatic heterocycles. The monoisotopic (exact) mass is 265 g/mol. The fourth-order valence-electron chi connectivity index (χ4n) is 2.57. The van der Waals surface area contributed by atoms with Crippen LogP contribution in [0.25, 0.3) is 0 Å². The molecule has 2 unspecified atom stereocenters. The Morgan fingerprint density at radius 2 is 2.11 bits per heavy atom. The van der Waals surface area contributed by atoms with Crippen molar-refractivity contribution in [1.29, 1.82) is 0 Å². The van der Waals surface area contributed by atoms with Crippen LogP contribution in [0.15, 0.2) is 29.2 Å². The first-order chi connectivity index (χ1) is 8.61. The number of aliphatic carboxylic acids is 1. The van der Waals surface area contributed by atoms with Gasteiger partial charge in [0, 0.05) is 11.4 Å². The van der Waals surface area contributed by atoms with E-state index in [-0.39, 0.29) is 12.0 Å². The second kappa shape index (κ2) is 5.76. The van der Waals surface area contributed by atoms with Gasteiger partial charge in [0.05, 0.1) is 0 Å². The van der Waals surface area contributed by atoms with Crippen molar-refractivity contribution in [2.75, 3.05) is 12.8 Å². The van der Waals surface area contributed by atoms with Crippen molar-refractivity contribution in [2.45, 2.75) is 30.8 Å². The fraction of sp³-hybridized carbons (Fsp3) is 0.500. The number of rotatable bonds is 4. The number of hydrogen-bond acceptors (Lipinski definition) is 3. The smallest absolute Gasteiger partial charge is 0.321 e. The zero-order chi connectivity index (χ0) is 13.1. The number of hydrogen-bond donors (Lipinski definition) is 1. The Kier molecular flexibility index (Phi) is 4.30. The van der Waals surface area contributed by atoms with Crippen LogP contribution in [0.1, 0.15) is 18.9 Å². The molecule has 1 aromatic carbocycles. The molecule has 1 heterocycles.